The summed E-state index contributed by atoms with van der Waals surface area (Å²) in [5.74, 6) is -4.65. The van der Waals surface area contributed by atoms with Crippen LogP contribution in [0.3, 0.4) is 0 Å². The van der Waals surface area contributed by atoms with Gasteiger partial charge in [0.25, 0.3) is 0 Å². The Morgan fingerprint density at radius 2 is 1.91 bits per heavy atom. The molecule has 1 aromatic heterocycles. The van der Waals surface area contributed by atoms with E-state index >= 15 is 0 Å². The number of nitrogens with zero attached hydrogens (tertiary/aromatic N) is 3. The van der Waals surface area contributed by atoms with Gasteiger partial charge in [0.1, 0.15) is 17.2 Å². The molecule has 1 aromatic carbocycles. The lowest BCUT2D eigenvalue weighted by Crippen LogP contribution is -2.31. The lowest BCUT2D eigenvalue weighted by molar-refractivity contribution is -0.120. The highest BCUT2D eigenvalue weighted by Crippen LogP contribution is 2.33. The maximum Gasteiger partial charge on any atom is 0.231 e. The number of hydrogen-bond donors (Lipinski definition) is 0. The van der Waals surface area contributed by atoms with Gasteiger partial charge in [-0.2, -0.15) is 5.10 Å². The van der Waals surface area contributed by atoms with E-state index in [4.69, 9.17) is 4.74 Å². The molecule has 2 heterocycles. The van der Waals surface area contributed by atoms with E-state index in [1.54, 1.807) is 0 Å². The molecular formula is C21H25BrF3N3O3Si. The summed E-state index contributed by atoms with van der Waals surface area (Å²) in [7, 11) is -1.28. The Bertz CT molecular complexity index is 1000. The van der Waals surface area contributed by atoms with Crippen LogP contribution in [0.1, 0.15) is 22.3 Å². The molecule has 1 amide bonds. The number of anilines is 1. The fraction of sp³-hybridized carbons (Fsp3) is 0.476. The Hall–Kier alpha value is -1.98. The topological polar surface area (TPSA) is 64.4 Å². The molecule has 0 aliphatic carbocycles. The van der Waals surface area contributed by atoms with Gasteiger partial charge in [0.2, 0.25) is 5.91 Å². The van der Waals surface area contributed by atoms with Gasteiger partial charge in [-0.1, -0.05) is 19.6 Å². The third kappa shape index (κ3) is 5.49. The second kappa shape index (κ2) is 9.88. The van der Waals surface area contributed by atoms with Gasteiger partial charge in [0, 0.05) is 27.1 Å². The highest BCUT2D eigenvalue weighted by atomic mass is 79.9. The van der Waals surface area contributed by atoms with Gasteiger partial charge in [-0.25, -0.2) is 17.9 Å². The molecular weight excluding hydrogens is 507 g/mol. The Kier molecular flexibility index (Phi) is 7.61. The highest BCUT2D eigenvalue weighted by molar-refractivity contribution is 9.10. The third-order valence-electron chi connectivity index (χ3n) is 5.34. The van der Waals surface area contributed by atoms with Gasteiger partial charge >= 0.3 is 0 Å². The molecule has 0 radical (unpaired) electrons. The lowest BCUT2D eigenvalue weighted by atomic mass is 9.98. The number of carbonyl (C=O) groups excluding carboxylic acids is 2. The molecule has 1 unspecified atom stereocenters. The molecule has 11 heteroatoms. The molecule has 32 heavy (non-hydrogen) atoms. The summed E-state index contributed by atoms with van der Waals surface area (Å²) in [5, 5.41) is 4.29. The van der Waals surface area contributed by atoms with Crippen molar-refractivity contribution in [1.29, 1.82) is 0 Å². The Morgan fingerprint density at radius 3 is 2.50 bits per heavy atom. The minimum atomic E-state index is -1.54. The molecule has 2 aromatic rings. The largest absolute Gasteiger partial charge is 0.359 e. The fourth-order valence-electron chi connectivity index (χ4n) is 3.59. The van der Waals surface area contributed by atoms with Gasteiger partial charge in [0.15, 0.2) is 23.7 Å². The van der Waals surface area contributed by atoms with Crippen molar-refractivity contribution in [3.05, 3.63) is 45.3 Å². The average molecular weight is 532 g/mol. The number of halogens is 4. The molecule has 0 bridgehead atoms. The van der Waals surface area contributed by atoms with Crippen LogP contribution in [0, 0.1) is 23.4 Å². The predicted octanol–water partition coefficient (Wildman–Crippen LogP) is 4.78. The summed E-state index contributed by atoms with van der Waals surface area (Å²) in [6.07, 6.45) is 1.09. The first kappa shape index (κ1) is 24.7. The van der Waals surface area contributed by atoms with Crippen LogP contribution in [0.2, 0.25) is 25.7 Å². The van der Waals surface area contributed by atoms with Crippen LogP contribution in [0.4, 0.5) is 19.0 Å². The van der Waals surface area contributed by atoms with Crippen molar-refractivity contribution < 1.29 is 27.5 Å². The monoisotopic (exact) mass is 531 g/mol. The van der Waals surface area contributed by atoms with Crippen LogP contribution in [0.15, 0.2) is 16.7 Å². The maximum absolute atomic E-state index is 13.6. The smallest absolute Gasteiger partial charge is 0.231 e. The SMILES string of the molecule is C[Si](C)(C)CCOCn1nc(Br)c(C=O)c1N1CCC(Cc2cc(F)c(F)c(F)c2)C1=O. The van der Waals surface area contributed by atoms with E-state index in [-0.39, 0.29) is 30.2 Å². The summed E-state index contributed by atoms with van der Waals surface area (Å²) in [6.45, 7) is 7.63. The van der Waals surface area contributed by atoms with E-state index in [2.05, 4.69) is 40.7 Å². The van der Waals surface area contributed by atoms with E-state index in [9.17, 15) is 22.8 Å². The van der Waals surface area contributed by atoms with Crippen molar-refractivity contribution in [3.8, 4) is 0 Å². The number of benzene rings is 1. The lowest BCUT2D eigenvalue weighted by Gasteiger charge is -2.20. The molecule has 1 aliphatic heterocycles. The highest BCUT2D eigenvalue weighted by Gasteiger charge is 2.36. The molecule has 1 atom stereocenters. The van der Waals surface area contributed by atoms with E-state index in [0.29, 0.717) is 36.3 Å². The first-order chi connectivity index (χ1) is 15.0. The van der Waals surface area contributed by atoms with Crippen LogP contribution in [-0.4, -0.2) is 43.2 Å². The quantitative estimate of drug-likeness (QED) is 0.202. The number of ether oxygens (including phenoxy) is 1. The fourth-order valence-corrected chi connectivity index (χ4v) is 4.81. The summed E-state index contributed by atoms with van der Waals surface area (Å²) in [6, 6.07) is 2.76. The van der Waals surface area contributed by atoms with Crippen molar-refractivity contribution in [3.63, 3.8) is 0 Å². The molecule has 174 valence electrons. The predicted molar refractivity (Wildman–Crippen MR) is 120 cm³/mol. The summed E-state index contributed by atoms with van der Waals surface area (Å²) in [4.78, 5) is 26.2. The first-order valence-corrected chi connectivity index (χ1v) is 14.8. The van der Waals surface area contributed by atoms with Gasteiger partial charge in [-0.15, -0.1) is 0 Å². The molecule has 1 aliphatic rings. The van der Waals surface area contributed by atoms with E-state index < -0.39 is 31.4 Å². The Balaban J connectivity index is 1.77. The maximum atomic E-state index is 13.6. The zero-order chi connectivity index (χ0) is 23.6. The number of carbonyl (C=O) groups is 2. The molecule has 0 saturated carbocycles. The summed E-state index contributed by atoms with van der Waals surface area (Å²) in [5.41, 5.74) is 0.424. The first-order valence-electron chi connectivity index (χ1n) is 10.3. The average Bonchev–Trinajstić information content (AvgIpc) is 3.21. The van der Waals surface area contributed by atoms with Crippen LogP contribution >= 0.6 is 15.9 Å². The van der Waals surface area contributed by atoms with Crippen LogP contribution in [0.5, 0.6) is 0 Å². The van der Waals surface area contributed by atoms with Crippen LogP contribution < -0.4 is 4.90 Å². The van der Waals surface area contributed by atoms with Crippen LogP contribution in [-0.2, 0) is 22.7 Å². The Morgan fingerprint density at radius 1 is 1.25 bits per heavy atom. The van der Waals surface area contributed by atoms with Gasteiger partial charge in [-0.05, 0) is 52.5 Å². The normalized spacial score (nSPS) is 16.8. The summed E-state index contributed by atoms with van der Waals surface area (Å²) >= 11 is 3.26. The van der Waals surface area contributed by atoms with Crippen molar-refractivity contribution in [1.82, 2.24) is 9.78 Å². The van der Waals surface area contributed by atoms with E-state index in [1.165, 1.54) is 9.58 Å². The van der Waals surface area contributed by atoms with Gasteiger partial charge in [0.05, 0.1) is 5.56 Å². The van der Waals surface area contributed by atoms with Crippen molar-refractivity contribution in [2.75, 3.05) is 18.1 Å². The second-order valence-electron chi connectivity index (χ2n) is 9.05. The molecule has 0 spiro atoms. The Labute approximate surface area is 193 Å². The molecule has 3 rings (SSSR count). The zero-order valence-electron chi connectivity index (χ0n) is 18.1. The van der Waals surface area contributed by atoms with Crippen molar-refractivity contribution in [2.24, 2.45) is 5.92 Å². The molecule has 1 fully saturated rings. The van der Waals surface area contributed by atoms with Crippen LogP contribution in [0.25, 0.3) is 0 Å². The number of aromatic nitrogens is 2. The van der Waals surface area contributed by atoms with E-state index in [0.717, 1.165) is 18.2 Å². The van der Waals surface area contributed by atoms with E-state index in [1.807, 2.05) is 0 Å². The third-order valence-corrected chi connectivity index (χ3v) is 7.63. The van der Waals surface area contributed by atoms with Gasteiger partial charge in [-0.3, -0.25) is 14.5 Å². The number of amides is 1. The van der Waals surface area contributed by atoms with Crippen molar-refractivity contribution in [2.45, 2.75) is 45.3 Å². The standard InChI is InChI=1S/C21H25BrF3N3O3Si/c1-32(2,3)7-6-31-12-28-20(15(11-29)19(22)26-28)27-5-4-14(21(27)30)8-13-9-16(23)18(25)17(24)10-13/h9-11,14H,4-8,12H2,1-3H3. The number of rotatable bonds is 9. The molecule has 1 saturated heterocycles. The number of hydrogen-bond acceptors (Lipinski definition) is 4. The minimum absolute atomic E-state index is 0.0574. The summed E-state index contributed by atoms with van der Waals surface area (Å²) < 4.78 is 47.8. The minimum Gasteiger partial charge on any atom is -0.359 e. The van der Waals surface area contributed by atoms with Crippen molar-refractivity contribution >= 4 is 42.0 Å². The number of aldehydes is 1. The zero-order valence-corrected chi connectivity index (χ0v) is 20.7. The molecule has 6 nitrogen and oxygen atoms in total. The second-order valence-corrected chi connectivity index (χ2v) is 15.4. The molecule has 0 N–H and O–H groups in total. The van der Waals surface area contributed by atoms with Gasteiger partial charge < -0.3 is 4.74 Å².